The standard InChI is InChI=1S/C12H14BrN3O/c1-17-10-4-2-9(3-5-10)12-11(13)8-15-16(12)7-6-14/h2-5,8H,6-7,14H2,1H3. The van der Waals surface area contributed by atoms with Gasteiger partial charge in [-0.3, -0.25) is 4.68 Å². The molecular weight excluding hydrogens is 282 g/mol. The summed E-state index contributed by atoms with van der Waals surface area (Å²) in [7, 11) is 1.66. The van der Waals surface area contributed by atoms with Crippen molar-refractivity contribution < 1.29 is 4.74 Å². The van der Waals surface area contributed by atoms with Crippen molar-refractivity contribution in [3.8, 4) is 17.0 Å². The summed E-state index contributed by atoms with van der Waals surface area (Å²) in [5.74, 6) is 0.842. The molecule has 0 aliphatic rings. The second-order valence-corrected chi connectivity index (χ2v) is 4.44. The van der Waals surface area contributed by atoms with Gasteiger partial charge < -0.3 is 10.5 Å². The molecule has 0 aliphatic carbocycles. The lowest BCUT2D eigenvalue weighted by Gasteiger charge is -2.07. The van der Waals surface area contributed by atoms with Crippen molar-refractivity contribution in [1.82, 2.24) is 9.78 Å². The normalized spacial score (nSPS) is 10.5. The number of nitrogens with zero attached hydrogens (tertiary/aromatic N) is 2. The number of nitrogens with two attached hydrogens (primary N) is 1. The number of benzene rings is 1. The summed E-state index contributed by atoms with van der Waals surface area (Å²) in [6, 6.07) is 7.88. The summed E-state index contributed by atoms with van der Waals surface area (Å²) >= 11 is 3.50. The Morgan fingerprint density at radius 1 is 1.35 bits per heavy atom. The minimum Gasteiger partial charge on any atom is -0.497 e. The Morgan fingerprint density at radius 3 is 2.65 bits per heavy atom. The van der Waals surface area contributed by atoms with Gasteiger partial charge in [0.2, 0.25) is 0 Å². The molecule has 90 valence electrons. The van der Waals surface area contributed by atoms with Crippen molar-refractivity contribution in [2.45, 2.75) is 6.54 Å². The Balaban J connectivity index is 2.40. The maximum Gasteiger partial charge on any atom is 0.118 e. The van der Waals surface area contributed by atoms with E-state index in [-0.39, 0.29) is 0 Å². The molecule has 17 heavy (non-hydrogen) atoms. The highest BCUT2D eigenvalue weighted by molar-refractivity contribution is 9.10. The first-order valence-electron chi connectivity index (χ1n) is 5.32. The Morgan fingerprint density at radius 2 is 2.06 bits per heavy atom. The number of hydrogen-bond donors (Lipinski definition) is 1. The van der Waals surface area contributed by atoms with Crippen molar-refractivity contribution >= 4 is 15.9 Å². The van der Waals surface area contributed by atoms with E-state index in [1.165, 1.54) is 0 Å². The molecule has 2 rings (SSSR count). The Hall–Kier alpha value is -1.33. The summed E-state index contributed by atoms with van der Waals surface area (Å²) < 4.78 is 8.00. The molecule has 1 aromatic heterocycles. The van der Waals surface area contributed by atoms with Crippen LogP contribution >= 0.6 is 15.9 Å². The van der Waals surface area contributed by atoms with Crippen LogP contribution in [0.2, 0.25) is 0 Å². The third kappa shape index (κ3) is 2.50. The predicted octanol–water partition coefficient (Wildman–Crippen LogP) is 2.28. The van der Waals surface area contributed by atoms with Gasteiger partial charge in [-0.2, -0.15) is 5.10 Å². The molecule has 0 bridgehead atoms. The van der Waals surface area contributed by atoms with E-state index in [4.69, 9.17) is 10.5 Å². The topological polar surface area (TPSA) is 53.1 Å². The fraction of sp³-hybridized carbons (Fsp3) is 0.250. The van der Waals surface area contributed by atoms with E-state index in [0.717, 1.165) is 21.5 Å². The zero-order valence-electron chi connectivity index (χ0n) is 9.56. The summed E-state index contributed by atoms with van der Waals surface area (Å²) in [6.07, 6.45) is 1.79. The van der Waals surface area contributed by atoms with Crippen molar-refractivity contribution in [1.29, 1.82) is 0 Å². The molecule has 2 N–H and O–H groups in total. The summed E-state index contributed by atoms with van der Waals surface area (Å²) in [5.41, 5.74) is 7.69. The Bertz CT molecular complexity index is 493. The number of aromatic nitrogens is 2. The van der Waals surface area contributed by atoms with Gasteiger partial charge in [0.05, 0.1) is 30.0 Å². The van der Waals surface area contributed by atoms with Crippen LogP contribution in [0.1, 0.15) is 0 Å². The van der Waals surface area contributed by atoms with Crippen molar-refractivity contribution in [3.05, 3.63) is 34.9 Å². The van der Waals surface area contributed by atoms with E-state index in [2.05, 4.69) is 21.0 Å². The first-order chi connectivity index (χ1) is 8.26. The third-order valence-corrected chi connectivity index (χ3v) is 3.08. The highest BCUT2D eigenvalue weighted by Gasteiger charge is 2.10. The van der Waals surface area contributed by atoms with E-state index in [9.17, 15) is 0 Å². The molecule has 0 atom stereocenters. The van der Waals surface area contributed by atoms with Crippen LogP contribution in [0.25, 0.3) is 11.3 Å². The summed E-state index contributed by atoms with van der Waals surface area (Å²) in [4.78, 5) is 0. The first-order valence-corrected chi connectivity index (χ1v) is 6.11. The number of ether oxygens (including phenoxy) is 1. The molecule has 0 aliphatic heterocycles. The molecule has 1 heterocycles. The zero-order valence-corrected chi connectivity index (χ0v) is 11.1. The highest BCUT2D eigenvalue weighted by Crippen LogP contribution is 2.29. The van der Waals surface area contributed by atoms with E-state index in [0.29, 0.717) is 13.1 Å². The molecular formula is C12H14BrN3O. The lowest BCUT2D eigenvalue weighted by atomic mass is 10.1. The average molecular weight is 296 g/mol. The quantitative estimate of drug-likeness (QED) is 0.941. The van der Waals surface area contributed by atoms with Gasteiger partial charge in [0.15, 0.2) is 0 Å². The van der Waals surface area contributed by atoms with Crippen LogP contribution in [0.3, 0.4) is 0 Å². The SMILES string of the molecule is COc1ccc(-c2c(Br)cnn2CCN)cc1. The average Bonchev–Trinajstić information content (AvgIpc) is 2.71. The van der Waals surface area contributed by atoms with Gasteiger partial charge in [0.1, 0.15) is 5.75 Å². The van der Waals surface area contributed by atoms with Gasteiger partial charge in [-0.1, -0.05) is 0 Å². The molecule has 0 saturated carbocycles. The van der Waals surface area contributed by atoms with Crippen LogP contribution in [-0.2, 0) is 6.54 Å². The minimum atomic E-state index is 0.567. The molecule has 4 nitrogen and oxygen atoms in total. The Labute approximate surface area is 109 Å². The predicted molar refractivity (Wildman–Crippen MR) is 71.0 cm³/mol. The van der Waals surface area contributed by atoms with Crippen molar-refractivity contribution in [2.24, 2.45) is 5.73 Å². The molecule has 5 heteroatoms. The number of halogens is 1. The molecule has 2 aromatic rings. The van der Waals surface area contributed by atoms with Gasteiger partial charge >= 0.3 is 0 Å². The van der Waals surface area contributed by atoms with Crippen molar-refractivity contribution in [2.75, 3.05) is 13.7 Å². The fourth-order valence-corrected chi connectivity index (χ4v) is 2.22. The summed E-state index contributed by atoms with van der Waals surface area (Å²) in [5, 5.41) is 4.28. The van der Waals surface area contributed by atoms with E-state index >= 15 is 0 Å². The van der Waals surface area contributed by atoms with Crippen LogP contribution in [0, 0.1) is 0 Å². The second-order valence-electron chi connectivity index (χ2n) is 3.58. The van der Waals surface area contributed by atoms with E-state index < -0.39 is 0 Å². The molecule has 0 unspecified atom stereocenters. The maximum atomic E-state index is 5.57. The zero-order chi connectivity index (χ0) is 12.3. The smallest absolute Gasteiger partial charge is 0.118 e. The van der Waals surface area contributed by atoms with Crippen molar-refractivity contribution in [3.63, 3.8) is 0 Å². The molecule has 0 fully saturated rings. The molecule has 1 aromatic carbocycles. The van der Waals surface area contributed by atoms with Gasteiger partial charge in [0.25, 0.3) is 0 Å². The largest absolute Gasteiger partial charge is 0.497 e. The van der Waals surface area contributed by atoms with Crippen LogP contribution in [0.15, 0.2) is 34.9 Å². The van der Waals surface area contributed by atoms with Gasteiger partial charge in [-0.15, -0.1) is 0 Å². The second kappa shape index (κ2) is 5.33. The van der Waals surface area contributed by atoms with E-state index in [1.54, 1.807) is 13.3 Å². The molecule has 0 amide bonds. The summed E-state index contributed by atoms with van der Waals surface area (Å²) in [6.45, 7) is 1.27. The third-order valence-electron chi connectivity index (χ3n) is 2.50. The molecule has 0 radical (unpaired) electrons. The van der Waals surface area contributed by atoms with Crippen LogP contribution < -0.4 is 10.5 Å². The fourth-order valence-electron chi connectivity index (χ4n) is 1.69. The monoisotopic (exact) mass is 295 g/mol. The molecule has 0 spiro atoms. The maximum absolute atomic E-state index is 5.57. The number of rotatable bonds is 4. The molecule has 0 saturated heterocycles. The Kier molecular flexibility index (Phi) is 3.81. The van der Waals surface area contributed by atoms with Gasteiger partial charge in [0, 0.05) is 12.1 Å². The van der Waals surface area contributed by atoms with E-state index in [1.807, 2.05) is 28.9 Å². The lowest BCUT2D eigenvalue weighted by molar-refractivity contribution is 0.415. The lowest BCUT2D eigenvalue weighted by Crippen LogP contribution is -2.12. The van der Waals surface area contributed by atoms with Crippen LogP contribution in [-0.4, -0.2) is 23.4 Å². The number of methoxy groups -OCH3 is 1. The highest BCUT2D eigenvalue weighted by atomic mass is 79.9. The van der Waals surface area contributed by atoms with Crippen LogP contribution in [0.5, 0.6) is 5.75 Å². The first kappa shape index (κ1) is 12.1. The van der Waals surface area contributed by atoms with Crippen LogP contribution in [0.4, 0.5) is 0 Å². The van der Waals surface area contributed by atoms with Gasteiger partial charge in [-0.05, 0) is 40.2 Å². The van der Waals surface area contributed by atoms with Gasteiger partial charge in [-0.25, -0.2) is 0 Å². The number of hydrogen-bond acceptors (Lipinski definition) is 3. The minimum absolute atomic E-state index is 0.567.